The summed E-state index contributed by atoms with van der Waals surface area (Å²) in [5.74, 6) is -1.19. The van der Waals surface area contributed by atoms with E-state index >= 15 is 0 Å². The Morgan fingerprint density at radius 3 is 2.70 bits per heavy atom. The number of aromatic nitrogens is 2. The van der Waals surface area contributed by atoms with Crippen molar-refractivity contribution in [2.45, 2.75) is 13.2 Å². The number of hydrogen-bond donors (Lipinski definition) is 2. The summed E-state index contributed by atoms with van der Waals surface area (Å²) in [5.41, 5.74) is 1.53. The Morgan fingerprint density at radius 2 is 1.97 bits per heavy atom. The van der Waals surface area contributed by atoms with E-state index in [1.165, 1.54) is 25.3 Å². The van der Waals surface area contributed by atoms with Gasteiger partial charge >= 0.3 is 6.61 Å². The third-order valence-corrected chi connectivity index (χ3v) is 4.45. The molecule has 158 valence electrons. The number of hydrogen-bond acceptors (Lipinski definition) is 5. The van der Waals surface area contributed by atoms with Crippen LogP contribution in [-0.2, 0) is 11.3 Å². The van der Waals surface area contributed by atoms with Crippen molar-refractivity contribution in [1.82, 2.24) is 20.0 Å². The number of rotatable bonds is 8. The molecule has 30 heavy (non-hydrogen) atoms. The van der Waals surface area contributed by atoms with Crippen molar-refractivity contribution in [3.8, 4) is 11.5 Å². The molecule has 0 aliphatic heterocycles. The van der Waals surface area contributed by atoms with E-state index in [9.17, 15) is 18.4 Å². The molecule has 8 nitrogen and oxygen atoms in total. The van der Waals surface area contributed by atoms with E-state index in [0.717, 1.165) is 10.1 Å². The van der Waals surface area contributed by atoms with Crippen LogP contribution in [0.2, 0.25) is 0 Å². The molecular weight excluding hydrogens is 466 g/mol. The van der Waals surface area contributed by atoms with Crippen LogP contribution in [0.5, 0.6) is 11.5 Å². The molecule has 2 heterocycles. The Hall–Kier alpha value is -3.21. The molecule has 2 aromatic heterocycles. The zero-order valence-electron chi connectivity index (χ0n) is 15.7. The number of carbonyl (C=O) groups is 2. The monoisotopic (exact) mass is 482 g/mol. The van der Waals surface area contributed by atoms with E-state index in [0.29, 0.717) is 5.69 Å². The second-order valence-electron chi connectivity index (χ2n) is 6.05. The predicted octanol–water partition coefficient (Wildman–Crippen LogP) is 2.75. The Bertz CT molecular complexity index is 1070. The van der Waals surface area contributed by atoms with Gasteiger partial charge in [-0.1, -0.05) is 0 Å². The lowest BCUT2D eigenvalue weighted by atomic mass is 10.2. The lowest BCUT2D eigenvalue weighted by Gasteiger charge is -2.11. The van der Waals surface area contributed by atoms with Crippen molar-refractivity contribution in [3.63, 3.8) is 0 Å². The number of fused-ring (bicyclic) bond motifs is 1. The maximum Gasteiger partial charge on any atom is 0.387 e. The zero-order valence-corrected chi connectivity index (χ0v) is 17.3. The van der Waals surface area contributed by atoms with Crippen molar-refractivity contribution in [3.05, 3.63) is 58.5 Å². The number of amides is 2. The van der Waals surface area contributed by atoms with E-state index < -0.39 is 18.4 Å². The highest BCUT2D eigenvalue weighted by molar-refractivity contribution is 9.10. The topological polar surface area (TPSA) is 94.0 Å². The van der Waals surface area contributed by atoms with Crippen LogP contribution in [0, 0.1) is 0 Å². The summed E-state index contributed by atoms with van der Waals surface area (Å²) < 4.78 is 36.7. The van der Waals surface area contributed by atoms with E-state index in [1.54, 1.807) is 6.20 Å². The molecule has 11 heteroatoms. The molecule has 2 N–H and O–H groups in total. The molecular formula is C19H17BrF2N4O4. The molecule has 0 aliphatic rings. The minimum Gasteiger partial charge on any atom is -0.493 e. The van der Waals surface area contributed by atoms with Crippen LogP contribution >= 0.6 is 15.9 Å². The Balaban J connectivity index is 1.53. The highest BCUT2D eigenvalue weighted by Crippen LogP contribution is 2.29. The van der Waals surface area contributed by atoms with Gasteiger partial charge in [-0.2, -0.15) is 8.78 Å². The standard InChI is InChI=1S/C19H17BrF2N4O4/c1-29-15-6-11(2-4-14(15)30-19(21)22)18(28)24-8-17(27)23-7-13-10-26-9-12(20)3-5-16(26)25-13/h2-6,9-10,19H,7-8H2,1H3,(H,23,27)(H,24,28). The van der Waals surface area contributed by atoms with Gasteiger partial charge in [0.1, 0.15) is 5.65 Å². The highest BCUT2D eigenvalue weighted by Gasteiger charge is 2.15. The van der Waals surface area contributed by atoms with Crippen molar-refractivity contribution in [1.29, 1.82) is 0 Å². The maximum atomic E-state index is 12.4. The molecule has 0 fully saturated rings. The average Bonchev–Trinajstić information content (AvgIpc) is 3.12. The second-order valence-corrected chi connectivity index (χ2v) is 6.96. The van der Waals surface area contributed by atoms with Crippen LogP contribution in [0.1, 0.15) is 16.1 Å². The third kappa shape index (κ3) is 5.44. The van der Waals surface area contributed by atoms with E-state index in [4.69, 9.17) is 4.74 Å². The van der Waals surface area contributed by atoms with Crippen molar-refractivity contribution in [2.75, 3.05) is 13.7 Å². The van der Waals surface area contributed by atoms with Crippen molar-refractivity contribution >= 4 is 33.4 Å². The highest BCUT2D eigenvalue weighted by atomic mass is 79.9. The zero-order chi connectivity index (χ0) is 21.7. The van der Waals surface area contributed by atoms with Crippen LogP contribution in [-0.4, -0.2) is 41.5 Å². The summed E-state index contributed by atoms with van der Waals surface area (Å²) in [6.07, 6.45) is 3.63. The molecule has 3 rings (SSSR count). The van der Waals surface area contributed by atoms with Crippen molar-refractivity contribution < 1.29 is 27.8 Å². The first-order valence-electron chi connectivity index (χ1n) is 8.66. The average molecular weight is 483 g/mol. The maximum absolute atomic E-state index is 12.4. The molecule has 0 atom stereocenters. The lowest BCUT2D eigenvalue weighted by Crippen LogP contribution is -2.36. The largest absolute Gasteiger partial charge is 0.493 e. The number of benzene rings is 1. The van der Waals surface area contributed by atoms with Crippen LogP contribution in [0.3, 0.4) is 0 Å². The number of carbonyl (C=O) groups excluding carboxylic acids is 2. The summed E-state index contributed by atoms with van der Waals surface area (Å²) >= 11 is 3.37. The number of nitrogens with one attached hydrogen (secondary N) is 2. The second kappa shape index (κ2) is 9.53. The lowest BCUT2D eigenvalue weighted by molar-refractivity contribution is -0.120. The fourth-order valence-electron chi connectivity index (χ4n) is 2.62. The SMILES string of the molecule is COc1cc(C(=O)NCC(=O)NCc2cn3cc(Br)ccc3n2)ccc1OC(F)F. The van der Waals surface area contributed by atoms with Gasteiger partial charge < -0.3 is 24.5 Å². The third-order valence-electron chi connectivity index (χ3n) is 3.98. The quantitative estimate of drug-likeness (QED) is 0.514. The van der Waals surface area contributed by atoms with Gasteiger partial charge in [-0.05, 0) is 46.3 Å². The smallest absolute Gasteiger partial charge is 0.387 e. The van der Waals surface area contributed by atoms with Crippen LogP contribution < -0.4 is 20.1 Å². The summed E-state index contributed by atoms with van der Waals surface area (Å²) in [4.78, 5) is 28.6. The van der Waals surface area contributed by atoms with Crippen LogP contribution in [0.15, 0.2) is 47.2 Å². The van der Waals surface area contributed by atoms with Gasteiger partial charge in [0.05, 0.1) is 25.9 Å². The summed E-state index contributed by atoms with van der Waals surface area (Å²) in [6, 6.07) is 7.44. The fourth-order valence-corrected chi connectivity index (χ4v) is 2.97. The number of alkyl halides is 2. The van der Waals surface area contributed by atoms with Crippen LogP contribution in [0.25, 0.3) is 5.65 Å². The number of halogens is 3. The predicted molar refractivity (Wildman–Crippen MR) is 107 cm³/mol. The first-order valence-corrected chi connectivity index (χ1v) is 9.46. The molecule has 2 amide bonds. The Morgan fingerprint density at radius 1 is 1.17 bits per heavy atom. The molecule has 0 bridgehead atoms. The minimum absolute atomic E-state index is 0.0223. The number of pyridine rings is 1. The first kappa shape index (κ1) is 21.5. The van der Waals surface area contributed by atoms with E-state index in [2.05, 4.69) is 36.3 Å². The number of ether oxygens (including phenoxy) is 2. The molecule has 0 saturated heterocycles. The van der Waals surface area contributed by atoms with E-state index in [1.807, 2.05) is 22.7 Å². The summed E-state index contributed by atoms with van der Waals surface area (Å²) in [5, 5.41) is 5.12. The van der Waals surface area contributed by atoms with Gasteiger partial charge in [-0.15, -0.1) is 0 Å². The summed E-state index contributed by atoms with van der Waals surface area (Å²) in [7, 11) is 1.26. The minimum atomic E-state index is -3.02. The summed E-state index contributed by atoms with van der Waals surface area (Å²) in [6.45, 7) is -3.09. The molecule has 1 aromatic carbocycles. The Kier molecular flexibility index (Phi) is 6.83. The normalized spacial score (nSPS) is 10.8. The Labute approximate surface area is 178 Å². The number of methoxy groups -OCH3 is 1. The van der Waals surface area contributed by atoms with Crippen LogP contribution in [0.4, 0.5) is 8.78 Å². The number of nitrogens with zero attached hydrogens (tertiary/aromatic N) is 2. The van der Waals surface area contributed by atoms with E-state index in [-0.39, 0.29) is 30.2 Å². The molecule has 0 spiro atoms. The molecule has 0 saturated carbocycles. The van der Waals surface area contributed by atoms with Crippen molar-refractivity contribution in [2.24, 2.45) is 0 Å². The van der Waals surface area contributed by atoms with Gasteiger partial charge in [0.15, 0.2) is 11.5 Å². The number of imidazole rings is 1. The molecule has 0 aliphatic carbocycles. The molecule has 0 unspecified atom stereocenters. The van der Waals surface area contributed by atoms with Gasteiger partial charge in [0.25, 0.3) is 5.91 Å². The van der Waals surface area contributed by atoms with Gasteiger partial charge in [0.2, 0.25) is 5.91 Å². The van der Waals surface area contributed by atoms with Gasteiger partial charge in [-0.3, -0.25) is 9.59 Å². The first-order chi connectivity index (χ1) is 14.4. The molecule has 3 aromatic rings. The fraction of sp³-hybridized carbons (Fsp3) is 0.211. The molecule has 0 radical (unpaired) electrons. The van der Waals surface area contributed by atoms with Gasteiger partial charge in [-0.25, -0.2) is 4.98 Å². The van der Waals surface area contributed by atoms with Gasteiger partial charge in [0, 0.05) is 22.4 Å².